The minimum absolute atomic E-state index is 0.597. The van der Waals surface area contributed by atoms with E-state index in [0.29, 0.717) is 13.1 Å². The Morgan fingerprint density at radius 3 is 0.750 bits per heavy atom. The zero-order chi connectivity index (χ0) is 15.3. The summed E-state index contributed by atoms with van der Waals surface area (Å²) in [6.45, 7) is 5.77. The van der Waals surface area contributed by atoms with Gasteiger partial charge in [0.25, 0.3) is 0 Å². The fourth-order valence-electron chi connectivity index (χ4n) is 2.27. The van der Waals surface area contributed by atoms with Gasteiger partial charge in [-0.2, -0.15) is 0 Å². The van der Waals surface area contributed by atoms with Crippen molar-refractivity contribution in [1.29, 1.82) is 0 Å². The SMILES string of the molecule is CCCCCCCCCCCCCCCC.NCCN. The number of hydrogen-bond donors (Lipinski definition) is 2. The molecule has 0 aliphatic heterocycles. The van der Waals surface area contributed by atoms with E-state index in [0.717, 1.165) is 0 Å². The van der Waals surface area contributed by atoms with Gasteiger partial charge in [0.1, 0.15) is 0 Å². The summed E-state index contributed by atoms with van der Waals surface area (Å²) in [6.07, 6.45) is 20.4. The molecule has 2 nitrogen and oxygen atoms in total. The summed E-state index contributed by atoms with van der Waals surface area (Å²) < 4.78 is 0. The van der Waals surface area contributed by atoms with Crippen LogP contribution in [-0.4, -0.2) is 13.1 Å². The highest BCUT2D eigenvalue weighted by atomic mass is 14.6. The predicted molar refractivity (Wildman–Crippen MR) is 94.1 cm³/mol. The zero-order valence-corrected chi connectivity index (χ0v) is 14.5. The van der Waals surface area contributed by atoms with Crippen molar-refractivity contribution in [2.75, 3.05) is 13.1 Å². The lowest BCUT2D eigenvalue weighted by Crippen LogP contribution is -2.11. The van der Waals surface area contributed by atoms with Gasteiger partial charge in [0.05, 0.1) is 0 Å². The van der Waals surface area contributed by atoms with Crippen LogP contribution in [-0.2, 0) is 0 Å². The van der Waals surface area contributed by atoms with E-state index in [-0.39, 0.29) is 0 Å². The normalized spacial score (nSPS) is 10.2. The van der Waals surface area contributed by atoms with Gasteiger partial charge in [-0.25, -0.2) is 0 Å². The molecule has 0 bridgehead atoms. The van der Waals surface area contributed by atoms with E-state index < -0.39 is 0 Å². The van der Waals surface area contributed by atoms with Gasteiger partial charge >= 0.3 is 0 Å². The van der Waals surface area contributed by atoms with Gasteiger partial charge in [-0.3, -0.25) is 0 Å². The summed E-state index contributed by atoms with van der Waals surface area (Å²) in [4.78, 5) is 0. The fourth-order valence-corrected chi connectivity index (χ4v) is 2.27. The lowest BCUT2D eigenvalue weighted by Gasteiger charge is -2.02. The topological polar surface area (TPSA) is 52.0 Å². The third kappa shape index (κ3) is 26.5. The summed E-state index contributed by atoms with van der Waals surface area (Å²) in [5, 5.41) is 0. The minimum Gasteiger partial charge on any atom is -0.329 e. The quantitative estimate of drug-likeness (QED) is 0.420. The number of hydrogen-bond acceptors (Lipinski definition) is 2. The van der Waals surface area contributed by atoms with Crippen molar-refractivity contribution in [2.45, 2.75) is 104 Å². The fraction of sp³-hybridized carbons (Fsp3) is 1.00. The lowest BCUT2D eigenvalue weighted by molar-refractivity contribution is 0.538. The molecule has 0 heterocycles. The molecule has 0 aliphatic carbocycles. The molecular weight excluding hydrogens is 244 g/mol. The van der Waals surface area contributed by atoms with E-state index in [9.17, 15) is 0 Å². The van der Waals surface area contributed by atoms with Crippen LogP contribution in [0.2, 0.25) is 0 Å². The molecule has 0 aliphatic rings. The number of unbranched alkanes of at least 4 members (excludes halogenated alkanes) is 13. The molecular formula is C18H42N2. The van der Waals surface area contributed by atoms with Gasteiger partial charge in [0, 0.05) is 13.1 Å². The molecule has 20 heavy (non-hydrogen) atoms. The first-order valence-corrected chi connectivity index (χ1v) is 9.23. The summed E-state index contributed by atoms with van der Waals surface area (Å²) in [5.41, 5.74) is 9.81. The van der Waals surface area contributed by atoms with Crippen LogP contribution >= 0.6 is 0 Å². The molecule has 0 aromatic rings. The Kier molecular flexibility index (Phi) is 26.6. The molecule has 0 unspecified atom stereocenters. The van der Waals surface area contributed by atoms with Crippen molar-refractivity contribution in [3.05, 3.63) is 0 Å². The predicted octanol–water partition coefficient (Wildman–Crippen LogP) is 5.39. The van der Waals surface area contributed by atoms with E-state index in [1.807, 2.05) is 0 Å². The molecule has 0 rings (SSSR count). The molecule has 2 heteroatoms. The second-order valence-electron chi connectivity index (χ2n) is 5.82. The van der Waals surface area contributed by atoms with Gasteiger partial charge in [-0.1, -0.05) is 104 Å². The molecule has 124 valence electrons. The zero-order valence-electron chi connectivity index (χ0n) is 14.5. The summed E-state index contributed by atoms with van der Waals surface area (Å²) in [6, 6.07) is 0. The molecule has 0 amide bonds. The summed E-state index contributed by atoms with van der Waals surface area (Å²) >= 11 is 0. The minimum atomic E-state index is 0.597. The first-order chi connectivity index (χ1) is 9.83. The molecule has 0 spiro atoms. The average molecular weight is 287 g/mol. The second-order valence-corrected chi connectivity index (χ2v) is 5.82. The van der Waals surface area contributed by atoms with Crippen LogP contribution in [0, 0.1) is 0 Å². The molecule has 0 atom stereocenters. The van der Waals surface area contributed by atoms with Crippen molar-refractivity contribution >= 4 is 0 Å². The Balaban J connectivity index is 0. The molecule has 0 saturated heterocycles. The summed E-state index contributed by atoms with van der Waals surface area (Å²) in [5.74, 6) is 0. The molecule has 0 fully saturated rings. The smallest absolute Gasteiger partial charge is 0.00461 e. The number of rotatable bonds is 14. The van der Waals surface area contributed by atoms with Crippen LogP contribution in [0.25, 0.3) is 0 Å². The highest BCUT2D eigenvalue weighted by Gasteiger charge is 1.92. The Bertz CT molecular complexity index is 121. The maximum atomic E-state index is 4.90. The molecule has 0 aromatic heterocycles. The van der Waals surface area contributed by atoms with Crippen molar-refractivity contribution in [3.8, 4) is 0 Å². The Morgan fingerprint density at radius 2 is 0.600 bits per heavy atom. The van der Waals surface area contributed by atoms with Crippen molar-refractivity contribution in [1.82, 2.24) is 0 Å². The highest BCUT2D eigenvalue weighted by Crippen LogP contribution is 2.12. The van der Waals surface area contributed by atoms with Crippen LogP contribution in [0.4, 0.5) is 0 Å². The maximum absolute atomic E-state index is 4.90. The van der Waals surface area contributed by atoms with Gasteiger partial charge in [-0.15, -0.1) is 0 Å². The van der Waals surface area contributed by atoms with Gasteiger partial charge < -0.3 is 11.5 Å². The molecule has 4 N–H and O–H groups in total. The van der Waals surface area contributed by atoms with Gasteiger partial charge in [0.2, 0.25) is 0 Å². The van der Waals surface area contributed by atoms with Crippen LogP contribution < -0.4 is 11.5 Å². The first kappa shape index (κ1) is 22.2. The van der Waals surface area contributed by atoms with Crippen LogP contribution in [0.15, 0.2) is 0 Å². The van der Waals surface area contributed by atoms with Crippen LogP contribution in [0.1, 0.15) is 104 Å². The largest absolute Gasteiger partial charge is 0.329 e. The highest BCUT2D eigenvalue weighted by molar-refractivity contribution is 4.48. The van der Waals surface area contributed by atoms with Crippen molar-refractivity contribution in [3.63, 3.8) is 0 Å². The lowest BCUT2D eigenvalue weighted by atomic mass is 10.0. The average Bonchev–Trinajstić information content (AvgIpc) is 2.49. The summed E-state index contributed by atoms with van der Waals surface area (Å²) in [7, 11) is 0. The van der Waals surface area contributed by atoms with Crippen molar-refractivity contribution in [2.24, 2.45) is 11.5 Å². The first-order valence-electron chi connectivity index (χ1n) is 9.23. The van der Waals surface area contributed by atoms with E-state index in [2.05, 4.69) is 13.8 Å². The molecule has 0 saturated carbocycles. The van der Waals surface area contributed by atoms with E-state index in [1.54, 1.807) is 0 Å². The Hall–Kier alpha value is -0.0800. The van der Waals surface area contributed by atoms with Gasteiger partial charge in [0.15, 0.2) is 0 Å². The molecule has 0 aromatic carbocycles. The van der Waals surface area contributed by atoms with Gasteiger partial charge in [-0.05, 0) is 0 Å². The van der Waals surface area contributed by atoms with Crippen molar-refractivity contribution < 1.29 is 0 Å². The number of nitrogens with two attached hydrogens (primary N) is 2. The standard InChI is InChI=1S/C16H34.C2H8N2/c1-3-5-7-9-11-13-15-16-14-12-10-8-6-4-2;3-1-2-4/h3-16H2,1-2H3;1-4H2. The maximum Gasteiger partial charge on any atom is 0.00461 e. The Morgan fingerprint density at radius 1 is 0.400 bits per heavy atom. The molecule has 0 radical (unpaired) electrons. The third-order valence-electron chi connectivity index (χ3n) is 3.62. The van der Waals surface area contributed by atoms with Crippen LogP contribution in [0.5, 0.6) is 0 Å². The second kappa shape index (κ2) is 24.0. The van der Waals surface area contributed by atoms with E-state index >= 15 is 0 Å². The Labute approximate surface area is 129 Å². The van der Waals surface area contributed by atoms with Crippen LogP contribution in [0.3, 0.4) is 0 Å². The van der Waals surface area contributed by atoms with E-state index in [1.165, 1.54) is 89.9 Å². The monoisotopic (exact) mass is 286 g/mol. The van der Waals surface area contributed by atoms with E-state index in [4.69, 9.17) is 11.5 Å². The third-order valence-corrected chi connectivity index (χ3v) is 3.62.